The fourth-order valence-electron chi connectivity index (χ4n) is 1.64. The topological polar surface area (TPSA) is 93.6 Å². The third-order valence-corrected chi connectivity index (χ3v) is 4.49. The highest BCUT2D eigenvalue weighted by molar-refractivity contribution is 7.91. The average Bonchev–Trinajstić information content (AvgIpc) is 2.48. The Morgan fingerprint density at radius 1 is 1.29 bits per heavy atom. The van der Waals surface area contributed by atoms with Gasteiger partial charge in [0.15, 0.2) is 9.84 Å². The van der Waals surface area contributed by atoms with Crippen LogP contribution in [-0.4, -0.2) is 30.2 Å². The summed E-state index contributed by atoms with van der Waals surface area (Å²) >= 11 is 0. The van der Waals surface area contributed by atoms with Crippen LogP contribution in [0, 0.1) is 0 Å². The first-order chi connectivity index (χ1) is 9.94. The smallest absolute Gasteiger partial charge is 0.341 e. The summed E-state index contributed by atoms with van der Waals surface area (Å²) in [6, 6.07) is 8.71. The molecule has 110 valence electrons. The van der Waals surface area contributed by atoms with E-state index in [4.69, 9.17) is 9.84 Å². The van der Waals surface area contributed by atoms with Crippen molar-refractivity contribution in [3.63, 3.8) is 0 Å². The number of carboxylic acid groups (broad SMARTS) is 1. The van der Waals surface area contributed by atoms with Crippen molar-refractivity contribution in [3.05, 3.63) is 48.2 Å². The quantitative estimate of drug-likeness (QED) is 0.911. The number of hydrogen-bond acceptors (Lipinski definition) is 5. The summed E-state index contributed by atoms with van der Waals surface area (Å²) < 4.78 is 29.0. The molecule has 6 nitrogen and oxygen atoms in total. The van der Waals surface area contributed by atoms with Crippen molar-refractivity contribution in [2.24, 2.45) is 0 Å². The standard InChI is InChI=1S/C14H13NO5S/c1-2-21(18,19)11-6-3-5-10(9-11)20-13-12(14(16)17)7-4-8-15-13/h3-9H,2H2,1H3,(H,16,17). The Labute approximate surface area is 121 Å². The van der Waals surface area contributed by atoms with E-state index in [9.17, 15) is 13.2 Å². The normalized spacial score (nSPS) is 11.1. The Bertz CT molecular complexity index is 770. The number of aromatic carboxylic acids is 1. The summed E-state index contributed by atoms with van der Waals surface area (Å²) in [6.45, 7) is 1.55. The number of carbonyl (C=O) groups is 1. The van der Waals surface area contributed by atoms with Crippen molar-refractivity contribution in [1.29, 1.82) is 0 Å². The SMILES string of the molecule is CCS(=O)(=O)c1cccc(Oc2ncccc2C(=O)O)c1. The van der Waals surface area contributed by atoms with Crippen molar-refractivity contribution in [2.45, 2.75) is 11.8 Å². The van der Waals surface area contributed by atoms with Crippen LogP contribution in [0.1, 0.15) is 17.3 Å². The van der Waals surface area contributed by atoms with Crippen LogP contribution < -0.4 is 4.74 Å². The minimum absolute atomic E-state index is 0.0274. The molecular weight excluding hydrogens is 294 g/mol. The molecule has 1 aromatic heterocycles. The van der Waals surface area contributed by atoms with E-state index in [-0.39, 0.29) is 27.8 Å². The second kappa shape index (κ2) is 5.92. The average molecular weight is 307 g/mol. The van der Waals surface area contributed by atoms with Gasteiger partial charge in [0.05, 0.1) is 10.6 Å². The molecule has 0 aliphatic heterocycles. The number of aromatic nitrogens is 1. The third-order valence-electron chi connectivity index (χ3n) is 2.76. The Morgan fingerprint density at radius 3 is 2.71 bits per heavy atom. The molecule has 0 saturated carbocycles. The van der Waals surface area contributed by atoms with Gasteiger partial charge in [-0.2, -0.15) is 0 Å². The predicted molar refractivity (Wildman–Crippen MR) is 75.4 cm³/mol. The first-order valence-corrected chi connectivity index (χ1v) is 7.78. The number of sulfone groups is 1. The summed E-state index contributed by atoms with van der Waals surface area (Å²) in [6.07, 6.45) is 1.40. The summed E-state index contributed by atoms with van der Waals surface area (Å²) in [5, 5.41) is 9.05. The maximum atomic E-state index is 11.8. The van der Waals surface area contributed by atoms with E-state index in [0.717, 1.165) is 0 Å². The first kappa shape index (κ1) is 15.0. The van der Waals surface area contributed by atoms with Crippen LogP contribution in [0.25, 0.3) is 0 Å². The summed E-state index contributed by atoms with van der Waals surface area (Å²) in [4.78, 5) is 15.0. The highest BCUT2D eigenvalue weighted by Gasteiger charge is 2.15. The van der Waals surface area contributed by atoms with Gasteiger partial charge in [0, 0.05) is 6.20 Å². The first-order valence-electron chi connectivity index (χ1n) is 6.13. The maximum Gasteiger partial charge on any atom is 0.341 e. The van der Waals surface area contributed by atoms with Gasteiger partial charge in [0.2, 0.25) is 5.88 Å². The molecule has 0 spiro atoms. The van der Waals surface area contributed by atoms with Crippen LogP contribution in [0.2, 0.25) is 0 Å². The van der Waals surface area contributed by atoms with Gasteiger partial charge >= 0.3 is 5.97 Å². The number of nitrogens with zero attached hydrogens (tertiary/aromatic N) is 1. The molecule has 0 atom stereocenters. The number of hydrogen-bond donors (Lipinski definition) is 1. The fourth-order valence-corrected chi connectivity index (χ4v) is 2.56. The summed E-state index contributed by atoms with van der Waals surface area (Å²) in [5.41, 5.74) is -0.0961. The van der Waals surface area contributed by atoms with E-state index < -0.39 is 15.8 Å². The summed E-state index contributed by atoms with van der Waals surface area (Å²) in [7, 11) is -3.36. The molecule has 0 unspecified atom stereocenters. The highest BCUT2D eigenvalue weighted by atomic mass is 32.2. The molecule has 0 radical (unpaired) electrons. The molecule has 0 amide bonds. The number of rotatable bonds is 5. The maximum absolute atomic E-state index is 11.8. The minimum atomic E-state index is -3.36. The van der Waals surface area contributed by atoms with Crippen LogP contribution in [0.15, 0.2) is 47.5 Å². The summed E-state index contributed by atoms with van der Waals surface area (Å²) in [5.74, 6) is -1.07. The molecule has 0 saturated heterocycles. The van der Waals surface area contributed by atoms with E-state index >= 15 is 0 Å². The molecule has 2 rings (SSSR count). The Balaban J connectivity index is 2.38. The largest absolute Gasteiger partial charge is 0.477 e. The van der Waals surface area contributed by atoms with Crippen molar-refractivity contribution in [3.8, 4) is 11.6 Å². The van der Waals surface area contributed by atoms with Gasteiger partial charge in [-0.3, -0.25) is 0 Å². The molecular formula is C14H13NO5S. The number of pyridine rings is 1. The van der Waals surface area contributed by atoms with Crippen LogP contribution in [0.3, 0.4) is 0 Å². The lowest BCUT2D eigenvalue weighted by molar-refractivity contribution is 0.0693. The van der Waals surface area contributed by atoms with E-state index in [2.05, 4.69) is 4.98 Å². The van der Waals surface area contributed by atoms with E-state index in [1.165, 1.54) is 42.6 Å². The van der Waals surface area contributed by atoms with Gasteiger partial charge in [-0.05, 0) is 30.3 Å². The zero-order chi connectivity index (χ0) is 15.5. The van der Waals surface area contributed by atoms with E-state index in [1.807, 2.05) is 0 Å². The molecule has 0 aliphatic rings. The lowest BCUT2D eigenvalue weighted by Crippen LogP contribution is -2.04. The zero-order valence-corrected chi connectivity index (χ0v) is 12.0. The van der Waals surface area contributed by atoms with Gasteiger partial charge in [0.1, 0.15) is 11.3 Å². The molecule has 1 heterocycles. The minimum Gasteiger partial charge on any atom is -0.477 e. The lowest BCUT2D eigenvalue weighted by Gasteiger charge is -2.08. The predicted octanol–water partition coefficient (Wildman–Crippen LogP) is 2.37. The van der Waals surface area contributed by atoms with Crippen LogP contribution in [-0.2, 0) is 9.84 Å². The molecule has 0 aliphatic carbocycles. The monoisotopic (exact) mass is 307 g/mol. The van der Waals surface area contributed by atoms with Crippen molar-refractivity contribution in [1.82, 2.24) is 4.98 Å². The highest BCUT2D eigenvalue weighted by Crippen LogP contribution is 2.25. The van der Waals surface area contributed by atoms with Gasteiger partial charge < -0.3 is 9.84 Å². The van der Waals surface area contributed by atoms with Crippen molar-refractivity contribution in [2.75, 3.05) is 5.75 Å². The van der Waals surface area contributed by atoms with Gasteiger partial charge in [0.25, 0.3) is 0 Å². The lowest BCUT2D eigenvalue weighted by atomic mass is 10.3. The fraction of sp³-hybridized carbons (Fsp3) is 0.143. The second-order valence-corrected chi connectivity index (χ2v) is 6.42. The van der Waals surface area contributed by atoms with E-state index in [1.54, 1.807) is 6.92 Å². The van der Waals surface area contributed by atoms with Gasteiger partial charge in [-0.25, -0.2) is 18.2 Å². The molecule has 2 aromatic rings. The van der Waals surface area contributed by atoms with Crippen LogP contribution in [0.4, 0.5) is 0 Å². The Hall–Kier alpha value is -2.41. The molecule has 21 heavy (non-hydrogen) atoms. The van der Waals surface area contributed by atoms with Crippen LogP contribution in [0.5, 0.6) is 11.6 Å². The third kappa shape index (κ3) is 3.38. The van der Waals surface area contributed by atoms with Gasteiger partial charge in [-0.1, -0.05) is 13.0 Å². The van der Waals surface area contributed by atoms with Crippen molar-refractivity contribution >= 4 is 15.8 Å². The van der Waals surface area contributed by atoms with E-state index in [0.29, 0.717) is 0 Å². The molecule has 0 fully saturated rings. The Kier molecular flexibility index (Phi) is 4.23. The second-order valence-electron chi connectivity index (χ2n) is 4.14. The number of ether oxygens (including phenoxy) is 1. The van der Waals surface area contributed by atoms with Crippen molar-refractivity contribution < 1.29 is 23.1 Å². The number of carboxylic acids is 1. The molecule has 7 heteroatoms. The zero-order valence-electron chi connectivity index (χ0n) is 11.2. The van der Waals surface area contributed by atoms with Crippen LogP contribution >= 0.6 is 0 Å². The molecule has 1 aromatic carbocycles. The Morgan fingerprint density at radius 2 is 2.05 bits per heavy atom. The molecule has 0 bridgehead atoms. The number of benzene rings is 1. The van der Waals surface area contributed by atoms with Gasteiger partial charge in [-0.15, -0.1) is 0 Å². The molecule has 1 N–H and O–H groups in total.